The van der Waals surface area contributed by atoms with Crippen molar-refractivity contribution in [2.45, 2.75) is 20.3 Å². The lowest BCUT2D eigenvalue weighted by Gasteiger charge is -2.10. The molecule has 1 aromatic carbocycles. The normalized spacial score (nSPS) is 10.3. The molecule has 2 aromatic rings. The van der Waals surface area contributed by atoms with Gasteiger partial charge in [-0.1, -0.05) is 12.1 Å². The summed E-state index contributed by atoms with van der Waals surface area (Å²) in [5.74, 6) is -0.126. The fourth-order valence-electron chi connectivity index (χ4n) is 1.97. The van der Waals surface area contributed by atoms with E-state index in [0.717, 1.165) is 22.5 Å². The van der Waals surface area contributed by atoms with Gasteiger partial charge in [-0.25, -0.2) is 0 Å². The molecular formula is C16H19N3O. The lowest BCUT2D eigenvalue weighted by atomic mass is 10.1. The first-order valence-electron chi connectivity index (χ1n) is 6.64. The number of anilines is 1. The van der Waals surface area contributed by atoms with Crippen molar-refractivity contribution >= 4 is 11.6 Å². The number of aryl methyl sites for hydroxylation is 2. The van der Waals surface area contributed by atoms with Gasteiger partial charge in [0.05, 0.1) is 0 Å². The molecule has 0 aliphatic rings. The number of aromatic nitrogens is 1. The minimum absolute atomic E-state index is 0.126. The number of hydrogen-bond acceptors (Lipinski definition) is 3. The van der Waals surface area contributed by atoms with Gasteiger partial charge in [0.15, 0.2) is 0 Å². The minimum atomic E-state index is -0.126. The number of nitrogens with zero attached hydrogens (tertiary/aromatic N) is 1. The van der Waals surface area contributed by atoms with E-state index >= 15 is 0 Å². The van der Waals surface area contributed by atoms with Gasteiger partial charge in [0.1, 0.15) is 0 Å². The van der Waals surface area contributed by atoms with Gasteiger partial charge in [0.25, 0.3) is 5.91 Å². The van der Waals surface area contributed by atoms with E-state index in [1.165, 1.54) is 0 Å². The molecule has 0 unspecified atom stereocenters. The Labute approximate surface area is 119 Å². The summed E-state index contributed by atoms with van der Waals surface area (Å²) >= 11 is 0. The zero-order valence-corrected chi connectivity index (χ0v) is 11.8. The average Bonchev–Trinajstić information content (AvgIpc) is 2.43. The molecule has 4 heteroatoms. The number of benzene rings is 1. The van der Waals surface area contributed by atoms with E-state index in [1.807, 2.05) is 32.0 Å². The lowest BCUT2D eigenvalue weighted by Crippen LogP contribution is -2.14. The number of pyridine rings is 1. The molecule has 104 valence electrons. The van der Waals surface area contributed by atoms with Crippen LogP contribution >= 0.6 is 0 Å². The minimum Gasteiger partial charge on any atom is -0.330 e. The van der Waals surface area contributed by atoms with Gasteiger partial charge in [0.2, 0.25) is 0 Å². The van der Waals surface area contributed by atoms with Crippen LogP contribution in [0.4, 0.5) is 5.69 Å². The number of amides is 1. The molecule has 0 saturated carbocycles. The van der Waals surface area contributed by atoms with Crippen LogP contribution in [0.5, 0.6) is 0 Å². The molecule has 0 atom stereocenters. The Hall–Kier alpha value is -2.20. The molecule has 1 aromatic heterocycles. The van der Waals surface area contributed by atoms with Gasteiger partial charge in [0, 0.05) is 29.6 Å². The number of nitrogens with two attached hydrogens (primary N) is 1. The molecule has 0 bridgehead atoms. The van der Waals surface area contributed by atoms with Crippen molar-refractivity contribution in [3.8, 4) is 0 Å². The molecule has 1 heterocycles. The number of rotatable bonds is 4. The van der Waals surface area contributed by atoms with Gasteiger partial charge < -0.3 is 11.1 Å². The lowest BCUT2D eigenvalue weighted by molar-refractivity contribution is 0.102. The van der Waals surface area contributed by atoms with Crippen molar-refractivity contribution in [1.29, 1.82) is 0 Å². The van der Waals surface area contributed by atoms with Crippen LogP contribution in [0.1, 0.15) is 27.2 Å². The summed E-state index contributed by atoms with van der Waals surface area (Å²) in [7, 11) is 0. The van der Waals surface area contributed by atoms with Crippen LogP contribution in [0.25, 0.3) is 0 Å². The molecule has 2 rings (SSSR count). The maximum absolute atomic E-state index is 12.3. The highest BCUT2D eigenvalue weighted by molar-refractivity contribution is 6.04. The van der Waals surface area contributed by atoms with Gasteiger partial charge in [-0.3, -0.25) is 9.78 Å². The van der Waals surface area contributed by atoms with Crippen molar-refractivity contribution in [2.75, 3.05) is 11.9 Å². The smallest absolute Gasteiger partial charge is 0.255 e. The van der Waals surface area contributed by atoms with Crippen LogP contribution in [0.15, 0.2) is 36.5 Å². The van der Waals surface area contributed by atoms with E-state index < -0.39 is 0 Å². The number of carbonyl (C=O) groups is 1. The summed E-state index contributed by atoms with van der Waals surface area (Å²) < 4.78 is 0. The summed E-state index contributed by atoms with van der Waals surface area (Å²) in [6.07, 6.45) is 2.31. The zero-order valence-electron chi connectivity index (χ0n) is 11.8. The van der Waals surface area contributed by atoms with Crippen LogP contribution in [0, 0.1) is 13.8 Å². The summed E-state index contributed by atoms with van der Waals surface area (Å²) in [5.41, 5.74) is 9.94. The standard InChI is InChI=1S/C16H19N3O/c1-11-3-4-12(2)15(9-11)19-16(20)13-6-8-18-14(10-13)5-7-17/h3-4,6,8-10H,5,7,17H2,1-2H3,(H,19,20). The Kier molecular flexibility index (Phi) is 4.48. The monoisotopic (exact) mass is 269 g/mol. The van der Waals surface area contributed by atoms with Crippen molar-refractivity contribution in [1.82, 2.24) is 4.98 Å². The number of hydrogen-bond donors (Lipinski definition) is 2. The highest BCUT2D eigenvalue weighted by Crippen LogP contribution is 2.17. The van der Waals surface area contributed by atoms with E-state index in [-0.39, 0.29) is 5.91 Å². The molecule has 4 nitrogen and oxygen atoms in total. The quantitative estimate of drug-likeness (QED) is 0.895. The first kappa shape index (κ1) is 14.2. The highest BCUT2D eigenvalue weighted by atomic mass is 16.1. The second kappa shape index (κ2) is 6.30. The first-order chi connectivity index (χ1) is 9.60. The van der Waals surface area contributed by atoms with E-state index in [2.05, 4.69) is 10.3 Å². The van der Waals surface area contributed by atoms with Crippen LogP contribution < -0.4 is 11.1 Å². The predicted octanol–water partition coefficient (Wildman–Crippen LogP) is 2.45. The molecule has 0 fully saturated rings. The number of nitrogens with one attached hydrogen (secondary N) is 1. The summed E-state index contributed by atoms with van der Waals surface area (Å²) in [4.78, 5) is 16.5. The fourth-order valence-corrected chi connectivity index (χ4v) is 1.97. The van der Waals surface area contributed by atoms with E-state index in [4.69, 9.17) is 5.73 Å². The molecular weight excluding hydrogens is 250 g/mol. The fraction of sp³-hybridized carbons (Fsp3) is 0.250. The van der Waals surface area contributed by atoms with E-state index in [0.29, 0.717) is 18.5 Å². The Morgan fingerprint density at radius 3 is 2.80 bits per heavy atom. The first-order valence-corrected chi connectivity index (χ1v) is 6.64. The van der Waals surface area contributed by atoms with Gasteiger partial charge in [-0.15, -0.1) is 0 Å². The predicted molar refractivity (Wildman–Crippen MR) is 80.9 cm³/mol. The van der Waals surface area contributed by atoms with E-state index in [9.17, 15) is 4.79 Å². The molecule has 0 saturated heterocycles. The Morgan fingerprint density at radius 1 is 1.25 bits per heavy atom. The van der Waals surface area contributed by atoms with E-state index in [1.54, 1.807) is 18.3 Å². The molecule has 0 spiro atoms. The molecule has 0 radical (unpaired) electrons. The van der Waals surface area contributed by atoms with Crippen molar-refractivity contribution in [3.05, 3.63) is 58.9 Å². The zero-order chi connectivity index (χ0) is 14.5. The Morgan fingerprint density at radius 2 is 2.05 bits per heavy atom. The number of carbonyl (C=O) groups excluding carboxylic acids is 1. The third-order valence-electron chi connectivity index (χ3n) is 3.12. The topological polar surface area (TPSA) is 68.0 Å². The van der Waals surface area contributed by atoms with Crippen LogP contribution in [0.2, 0.25) is 0 Å². The third-order valence-corrected chi connectivity index (χ3v) is 3.12. The Balaban J connectivity index is 2.19. The molecule has 3 N–H and O–H groups in total. The largest absolute Gasteiger partial charge is 0.330 e. The van der Waals surface area contributed by atoms with Crippen molar-refractivity contribution in [3.63, 3.8) is 0 Å². The van der Waals surface area contributed by atoms with Crippen molar-refractivity contribution in [2.24, 2.45) is 5.73 Å². The molecule has 1 amide bonds. The van der Waals surface area contributed by atoms with Crippen LogP contribution in [-0.4, -0.2) is 17.4 Å². The molecule has 0 aliphatic carbocycles. The molecule has 0 aliphatic heterocycles. The SMILES string of the molecule is Cc1ccc(C)c(NC(=O)c2ccnc(CCN)c2)c1. The van der Waals surface area contributed by atoms with Crippen molar-refractivity contribution < 1.29 is 4.79 Å². The second-order valence-electron chi connectivity index (χ2n) is 4.85. The molecule has 20 heavy (non-hydrogen) atoms. The third kappa shape index (κ3) is 3.42. The Bertz CT molecular complexity index is 623. The van der Waals surface area contributed by atoms with Gasteiger partial charge >= 0.3 is 0 Å². The van der Waals surface area contributed by atoms with Gasteiger partial charge in [-0.05, 0) is 49.7 Å². The second-order valence-corrected chi connectivity index (χ2v) is 4.85. The summed E-state index contributed by atoms with van der Waals surface area (Å²) in [6.45, 7) is 4.50. The highest BCUT2D eigenvalue weighted by Gasteiger charge is 2.09. The summed E-state index contributed by atoms with van der Waals surface area (Å²) in [6, 6.07) is 9.48. The maximum Gasteiger partial charge on any atom is 0.255 e. The van der Waals surface area contributed by atoms with Crippen LogP contribution in [0.3, 0.4) is 0 Å². The summed E-state index contributed by atoms with van der Waals surface area (Å²) in [5, 5.41) is 2.94. The maximum atomic E-state index is 12.3. The van der Waals surface area contributed by atoms with Gasteiger partial charge in [-0.2, -0.15) is 0 Å². The average molecular weight is 269 g/mol. The van der Waals surface area contributed by atoms with Crippen LogP contribution in [-0.2, 0) is 6.42 Å².